The molecule has 0 bridgehead atoms. The molecule has 19 heavy (non-hydrogen) atoms. The Morgan fingerprint density at radius 3 is 2.84 bits per heavy atom. The molecule has 1 aromatic heterocycles. The van der Waals surface area contributed by atoms with Crippen LogP contribution >= 0.6 is 0 Å². The van der Waals surface area contributed by atoms with E-state index in [1.165, 1.54) is 12.8 Å². The van der Waals surface area contributed by atoms with Crippen LogP contribution in [0.1, 0.15) is 25.5 Å². The van der Waals surface area contributed by atoms with E-state index in [-0.39, 0.29) is 0 Å². The Hall–Kier alpha value is -0.970. The van der Waals surface area contributed by atoms with Gasteiger partial charge in [0.05, 0.1) is 12.3 Å². The van der Waals surface area contributed by atoms with Crippen molar-refractivity contribution in [1.29, 1.82) is 0 Å². The lowest BCUT2D eigenvalue weighted by molar-refractivity contribution is 0.199. The van der Waals surface area contributed by atoms with Crippen LogP contribution < -0.4 is 5.32 Å². The summed E-state index contributed by atoms with van der Waals surface area (Å²) < 4.78 is 4.99. The maximum absolute atomic E-state index is 4.99. The number of nitrogens with zero attached hydrogens (tertiary/aromatic N) is 2. The standard InChI is InChI=1S/C15H27N3O/c1-3-18(14-15-8-4-5-10-17-15)12-7-6-9-16-11-13-19-2/h4-5,8,10,16H,3,6-7,9,11-14H2,1-2H3. The number of pyridine rings is 1. The van der Waals surface area contributed by atoms with E-state index >= 15 is 0 Å². The summed E-state index contributed by atoms with van der Waals surface area (Å²) in [5, 5.41) is 3.37. The van der Waals surface area contributed by atoms with Crippen molar-refractivity contribution in [3.63, 3.8) is 0 Å². The van der Waals surface area contributed by atoms with Crippen LogP contribution in [0.2, 0.25) is 0 Å². The van der Waals surface area contributed by atoms with Gasteiger partial charge in [-0.1, -0.05) is 13.0 Å². The fourth-order valence-electron chi connectivity index (χ4n) is 1.95. The Bertz CT molecular complexity index is 306. The van der Waals surface area contributed by atoms with Gasteiger partial charge in [-0.05, 0) is 44.6 Å². The van der Waals surface area contributed by atoms with E-state index in [4.69, 9.17) is 4.74 Å². The van der Waals surface area contributed by atoms with Crippen LogP contribution in [0.5, 0.6) is 0 Å². The molecule has 1 rings (SSSR count). The molecule has 1 heterocycles. The molecular formula is C15H27N3O. The average Bonchev–Trinajstić information content (AvgIpc) is 2.46. The number of rotatable bonds is 11. The summed E-state index contributed by atoms with van der Waals surface area (Å²) in [7, 11) is 1.73. The molecule has 0 aliphatic rings. The molecule has 0 saturated carbocycles. The minimum Gasteiger partial charge on any atom is -0.383 e. The fraction of sp³-hybridized carbons (Fsp3) is 0.667. The highest BCUT2D eigenvalue weighted by Crippen LogP contribution is 2.02. The molecule has 1 aromatic rings. The highest BCUT2D eigenvalue weighted by atomic mass is 16.5. The van der Waals surface area contributed by atoms with Crippen LogP contribution in [0.3, 0.4) is 0 Å². The van der Waals surface area contributed by atoms with E-state index in [9.17, 15) is 0 Å². The summed E-state index contributed by atoms with van der Waals surface area (Å²) in [6, 6.07) is 6.11. The number of methoxy groups -OCH3 is 1. The molecule has 0 atom stereocenters. The number of ether oxygens (including phenoxy) is 1. The van der Waals surface area contributed by atoms with Crippen LogP contribution in [0.25, 0.3) is 0 Å². The maximum atomic E-state index is 4.99. The lowest BCUT2D eigenvalue weighted by Gasteiger charge is -2.19. The van der Waals surface area contributed by atoms with E-state index in [2.05, 4.69) is 34.3 Å². The normalized spacial score (nSPS) is 11.1. The first-order chi connectivity index (χ1) is 9.36. The van der Waals surface area contributed by atoms with Crippen molar-refractivity contribution >= 4 is 0 Å². The van der Waals surface area contributed by atoms with Crippen molar-refractivity contribution < 1.29 is 4.74 Å². The smallest absolute Gasteiger partial charge is 0.0587 e. The van der Waals surface area contributed by atoms with Gasteiger partial charge in [0.25, 0.3) is 0 Å². The van der Waals surface area contributed by atoms with Crippen molar-refractivity contribution in [2.24, 2.45) is 0 Å². The van der Waals surface area contributed by atoms with Gasteiger partial charge in [0.15, 0.2) is 0 Å². The molecule has 0 radical (unpaired) electrons. The summed E-state index contributed by atoms with van der Waals surface area (Å²) >= 11 is 0. The summed E-state index contributed by atoms with van der Waals surface area (Å²) in [6.45, 7) is 8.19. The Morgan fingerprint density at radius 2 is 2.16 bits per heavy atom. The van der Waals surface area contributed by atoms with E-state index in [1.807, 2.05) is 12.3 Å². The monoisotopic (exact) mass is 265 g/mol. The predicted octanol–water partition coefficient (Wildman–Crippen LogP) is 1.92. The quantitative estimate of drug-likeness (QED) is 0.620. The number of aromatic nitrogens is 1. The maximum Gasteiger partial charge on any atom is 0.0587 e. The van der Waals surface area contributed by atoms with Gasteiger partial charge in [-0.25, -0.2) is 0 Å². The van der Waals surface area contributed by atoms with Crippen molar-refractivity contribution in [3.8, 4) is 0 Å². The van der Waals surface area contributed by atoms with E-state index in [1.54, 1.807) is 7.11 Å². The Balaban J connectivity index is 2.09. The van der Waals surface area contributed by atoms with Gasteiger partial charge >= 0.3 is 0 Å². The number of nitrogens with one attached hydrogen (secondary N) is 1. The summed E-state index contributed by atoms with van der Waals surface area (Å²) in [6.07, 6.45) is 4.30. The zero-order valence-electron chi connectivity index (χ0n) is 12.3. The Labute approximate surface area is 117 Å². The Kier molecular flexibility index (Phi) is 9.23. The predicted molar refractivity (Wildman–Crippen MR) is 79.2 cm³/mol. The average molecular weight is 265 g/mol. The second-order valence-corrected chi connectivity index (χ2v) is 4.64. The molecule has 0 spiro atoms. The van der Waals surface area contributed by atoms with E-state index in [0.29, 0.717) is 0 Å². The largest absolute Gasteiger partial charge is 0.383 e. The lowest BCUT2D eigenvalue weighted by Crippen LogP contribution is -2.26. The third-order valence-corrected chi connectivity index (χ3v) is 3.12. The SMILES string of the molecule is CCN(CCCCNCCOC)Cc1ccccn1. The first kappa shape index (κ1) is 16.1. The van der Waals surface area contributed by atoms with Gasteiger partial charge in [-0.3, -0.25) is 9.88 Å². The van der Waals surface area contributed by atoms with Crippen molar-refractivity contribution in [1.82, 2.24) is 15.2 Å². The van der Waals surface area contributed by atoms with Crippen LogP contribution in [-0.4, -0.2) is 49.8 Å². The summed E-state index contributed by atoms with van der Waals surface area (Å²) in [5.74, 6) is 0. The molecule has 4 heteroatoms. The molecule has 0 saturated heterocycles. The van der Waals surface area contributed by atoms with Gasteiger partial charge in [-0.15, -0.1) is 0 Å². The first-order valence-corrected chi connectivity index (χ1v) is 7.18. The van der Waals surface area contributed by atoms with Gasteiger partial charge in [0.2, 0.25) is 0 Å². The molecule has 0 fully saturated rings. The molecule has 0 aromatic carbocycles. The summed E-state index contributed by atoms with van der Waals surface area (Å²) in [5.41, 5.74) is 1.16. The minimum atomic E-state index is 0.792. The molecule has 0 unspecified atom stereocenters. The lowest BCUT2D eigenvalue weighted by atomic mass is 10.2. The van der Waals surface area contributed by atoms with Gasteiger partial charge in [0.1, 0.15) is 0 Å². The zero-order chi connectivity index (χ0) is 13.8. The van der Waals surface area contributed by atoms with Crippen molar-refractivity contribution in [2.75, 3.05) is 39.9 Å². The van der Waals surface area contributed by atoms with E-state index in [0.717, 1.165) is 45.0 Å². The van der Waals surface area contributed by atoms with Gasteiger partial charge in [-0.2, -0.15) is 0 Å². The molecule has 1 N–H and O–H groups in total. The third-order valence-electron chi connectivity index (χ3n) is 3.12. The zero-order valence-corrected chi connectivity index (χ0v) is 12.3. The second kappa shape index (κ2) is 10.9. The van der Waals surface area contributed by atoms with Crippen LogP contribution in [0.4, 0.5) is 0 Å². The summed E-state index contributed by atoms with van der Waals surface area (Å²) in [4.78, 5) is 6.82. The van der Waals surface area contributed by atoms with Crippen LogP contribution in [0, 0.1) is 0 Å². The van der Waals surface area contributed by atoms with Gasteiger partial charge in [0, 0.05) is 26.4 Å². The number of hydrogen-bond donors (Lipinski definition) is 1. The number of unbranched alkanes of at least 4 members (excludes halogenated alkanes) is 1. The molecule has 0 aliphatic heterocycles. The van der Waals surface area contributed by atoms with E-state index < -0.39 is 0 Å². The molecular weight excluding hydrogens is 238 g/mol. The highest BCUT2D eigenvalue weighted by molar-refractivity contribution is 5.03. The van der Waals surface area contributed by atoms with Crippen molar-refractivity contribution in [3.05, 3.63) is 30.1 Å². The molecule has 108 valence electrons. The highest BCUT2D eigenvalue weighted by Gasteiger charge is 2.03. The van der Waals surface area contributed by atoms with Gasteiger partial charge < -0.3 is 10.1 Å². The molecule has 0 amide bonds. The number of hydrogen-bond acceptors (Lipinski definition) is 4. The van der Waals surface area contributed by atoms with Crippen molar-refractivity contribution in [2.45, 2.75) is 26.3 Å². The second-order valence-electron chi connectivity index (χ2n) is 4.64. The molecule has 4 nitrogen and oxygen atoms in total. The topological polar surface area (TPSA) is 37.4 Å². The van der Waals surface area contributed by atoms with Crippen LogP contribution in [-0.2, 0) is 11.3 Å². The molecule has 0 aliphatic carbocycles. The fourth-order valence-corrected chi connectivity index (χ4v) is 1.95. The third kappa shape index (κ3) is 7.93. The Morgan fingerprint density at radius 1 is 1.26 bits per heavy atom. The van der Waals surface area contributed by atoms with Crippen LogP contribution in [0.15, 0.2) is 24.4 Å². The minimum absolute atomic E-state index is 0.792. The first-order valence-electron chi connectivity index (χ1n) is 7.18.